The fourth-order valence-corrected chi connectivity index (χ4v) is 2.58. The summed E-state index contributed by atoms with van der Waals surface area (Å²) >= 11 is 0. The third kappa shape index (κ3) is 4.87. The summed E-state index contributed by atoms with van der Waals surface area (Å²) in [7, 11) is 0. The maximum Gasteiger partial charge on any atom is 0.246 e. The van der Waals surface area contributed by atoms with Gasteiger partial charge in [0.05, 0.1) is 18.4 Å². The number of nitrogens with zero attached hydrogens (tertiary/aromatic N) is 3. The van der Waals surface area contributed by atoms with E-state index in [1.165, 1.54) is 12.7 Å². The number of amides is 1. The van der Waals surface area contributed by atoms with E-state index in [1.54, 1.807) is 11.0 Å². The first-order chi connectivity index (χ1) is 11.8. The van der Waals surface area contributed by atoms with Gasteiger partial charge in [-0.25, -0.2) is 9.67 Å². The molecule has 0 radical (unpaired) electrons. The smallest absolute Gasteiger partial charge is 0.246 e. The van der Waals surface area contributed by atoms with Crippen molar-refractivity contribution in [2.75, 3.05) is 19.8 Å². The first-order valence-electron chi connectivity index (χ1n) is 8.21. The average molecular weight is 330 g/mol. The Bertz CT molecular complexity index is 622. The molecule has 24 heavy (non-hydrogen) atoms. The van der Waals surface area contributed by atoms with E-state index in [-0.39, 0.29) is 18.6 Å². The zero-order valence-corrected chi connectivity index (χ0v) is 13.6. The minimum atomic E-state index is -0.119. The Morgan fingerprint density at radius 2 is 2.21 bits per heavy atom. The van der Waals surface area contributed by atoms with Crippen LogP contribution in [0.1, 0.15) is 24.8 Å². The molecule has 0 spiro atoms. The first kappa shape index (κ1) is 16.6. The van der Waals surface area contributed by atoms with Crippen molar-refractivity contribution in [3.63, 3.8) is 0 Å². The van der Waals surface area contributed by atoms with Crippen molar-refractivity contribution < 1.29 is 14.3 Å². The number of hydrogen-bond donors (Lipinski definition) is 1. The zero-order chi connectivity index (χ0) is 16.6. The van der Waals surface area contributed by atoms with E-state index < -0.39 is 0 Å². The number of aromatic nitrogens is 3. The van der Waals surface area contributed by atoms with E-state index in [0.717, 1.165) is 30.7 Å². The van der Waals surface area contributed by atoms with Crippen molar-refractivity contribution in [2.24, 2.45) is 0 Å². The van der Waals surface area contributed by atoms with Crippen LogP contribution in [0.15, 0.2) is 36.9 Å². The summed E-state index contributed by atoms with van der Waals surface area (Å²) in [5.74, 6) is -0.119. The highest BCUT2D eigenvalue weighted by atomic mass is 16.5. The number of hydrogen-bond acceptors (Lipinski definition) is 5. The molecule has 1 saturated heterocycles. The molecule has 7 nitrogen and oxygen atoms in total. The van der Waals surface area contributed by atoms with E-state index in [4.69, 9.17) is 9.47 Å². The number of carbonyl (C=O) groups excluding carboxylic acids is 1. The number of nitrogens with one attached hydrogen (secondary N) is 1. The minimum Gasteiger partial charge on any atom is -0.376 e. The second-order valence-electron chi connectivity index (χ2n) is 5.79. The molecule has 0 bridgehead atoms. The standard InChI is InChI=1S/C17H22N4O3/c22-17(11-23-10-16-3-1-2-8-24-16)19-9-14-4-6-15(7-5-14)21-13-18-12-20-21/h4-7,12-13,16H,1-3,8-11H2,(H,19,22). The molecule has 2 aromatic rings. The van der Waals surface area contributed by atoms with Crippen LogP contribution in [0, 0.1) is 0 Å². The summed E-state index contributed by atoms with van der Waals surface area (Å²) in [4.78, 5) is 15.7. The van der Waals surface area contributed by atoms with Crippen LogP contribution >= 0.6 is 0 Å². The molecular weight excluding hydrogens is 308 g/mol. The van der Waals surface area contributed by atoms with Crippen LogP contribution in [-0.4, -0.2) is 46.6 Å². The van der Waals surface area contributed by atoms with Gasteiger partial charge in [0, 0.05) is 13.2 Å². The fourth-order valence-electron chi connectivity index (χ4n) is 2.58. The molecule has 1 aromatic heterocycles. The maximum atomic E-state index is 11.8. The van der Waals surface area contributed by atoms with Crippen molar-refractivity contribution in [1.29, 1.82) is 0 Å². The molecule has 1 unspecified atom stereocenters. The summed E-state index contributed by atoms with van der Waals surface area (Å²) in [5.41, 5.74) is 1.95. The Balaban J connectivity index is 1.36. The van der Waals surface area contributed by atoms with Crippen LogP contribution in [0.2, 0.25) is 0 Å². The second-order valence-corrected chi connectivity index (χ2v) is 5.79. The highest BCUT2D eigenvalue weighted by Crippen LogP contribution is 2.12. The Morgan fingerprint density at radius 1 is 1.33 bits per heavy atom. The minimum absolute atomic E-state index is 0.0664. The van der Waals surface area contributed by atoms with Crippen molar-refractivity contribution in [2.45, 2.75) is 31.9 Å². The van der Waals surface area contributed by atoms with E-state index >= 15 is 0 Å². The Labute approximate surface area is 141 Å². The van der Waals surface area contributed by atoms with Gasteiger partial charge in [0.2, 0.25) is 5.91 Å². The Morgan fingerprint density at radius 3 is 2.92 bits per heavy atom. The van der Waals surface area contributed by atoms with E-state index in [9.17, 15) is 4.79 Å². The van der Waals surface area contributed by atoms with Gasteiger partial charge >= 0.3 is 0 Å². The van der Waals surface area contributed by atoms with Gasteiger partial charge in [-0.05, 0) is 37.0 Å². The van der Waals surface area contributed by atoms with Crippen LogP contribution in [-0.2, 0) is 20.8 Å². The number of benzene rings is 1. The highest BCUT2D eigenvalue weighted by molar-refractivity contribution is 5.77. The molecule has 0 saturated carbocycles. The number of rotatable bonds is 7. The molecular formula is C17H22N4O3. The number of ether oxygens (including phenoxy) is 2. The fraction of sp³-hybridized carbons (Fsp3) is 0.471. The summed E-state index contributed by atoms with van der Waals surface area (Å²) in [6, 6.07) is 7.78. The summed E-state index contributed by atoms with van der Waals surface area (Å²) in [5, 5.41) is 6.92. The zero-order valence-electron chi connectivity index (χ0n) is 13.6. The van der Waals surface area contributed by atoms with Gasteiger partial charge < -0.3 is 14.8 Å². The topological polar surface area (TPSA) is 78.3 Å². The lowest BCUT2D eigenvalue weighted by atomic mass is 10.1. The summed E-state index contributed by atoms with van der Waals surface area (Å²) < 4.78 is 12.7. The molecule has 0 aliphatic carbocycles. The van der Waals surface area contributed by atoms with Gasteiger partial charge in [-0.2, -0.15) is 5.10 Å². The van der Waals surface area contributed by atoms with Gasteiger partial charge in [-0.1, -0.05) is 12.1 Å². The summed E-state index contributed by atoms with van der Waals surface area (Å²) in [6.07, 6.45) is 6.57. The first-order valence-corrected chi connectivity index (χ1v) is 8.21. The predicted octanol–water partition coefficient (Wildman–Crippen LogP) is 1.47. The lowest BCUT2D eigenvalue weighted by Crippen LogP contribution is -2.30. The molecule has 2 heterocycles. The van der Waals surface area contributed by atoms with Crippen LogP contribution < -0.4 is 5.32 Å². The molecule has 7 heteroatoms. The van der Waals surface area contributed by atoms with Crippen molar-refractivity contribution in [3.8, 4) is 5.69 Å². The van der Waals surface area contributed by atoms with Crippen LogP contribution in [0.5, 0.6) is 0 Å². The lowest BCUT2D eigenvalue weighted by Gasteiger charge is -2.22. The van der Waals surface area contributed by atoms with E-state index in [2.05, 4.69) is 15.4 Å². The molecule has 1 N–H and O–H groups in total. The van der Waals surface area contributed by atoms with Crippen LogP contribution in [0.25, 0.3) is 5.69 Å². The van der Waals surface area contributed by atoms with Crippen molar-refractivity contribution in [1.82, 2.24) is 20.1 Å². The van der Waals surface area contributed by atoms with Crippen molar-refractivity contribution >= 4 is 5.91 Å². The van der Waals surface area contributed by atoms with Gasteiger partial charge in [-0.15, -0.1) is 0 Å². The van der Waals surface area contributed by atoms with E-state index in [0.29, 0.717) is 13.2 Å². The van der Waals surface area contributed by atoms with Gasteiger partial charge in [0.1, 0.15) is 19.3 Å². The second kappa shape index (κ2) is 8.56. The van der Waals surface area contributed by atoms with Gasteiger partial charge in [0.25, 0.3) is 0 Å². The summed E-state index contributed by atoms with van der Waals surface area (Å²) in [6.45, 7) is 1.82. The SMILES string of the molecule is O=C(COCC1CCCCO1)NCc1ccc(-n2cncn2)cc1. The molecule has 1 atom stereocenters. The normalized spacial score (nSPS) is 17.6. The predicted molar refractivity (Wildman–Crippen MR) is 87.6 cm³/mol. The van der Waals surface area contributed by atoms with Crippen LogP contribution in [0.3, 0.4) is 0 Å². The molecule has 1 aliphatic rings. The Hall–Kier alpha value is -2.25. The molecule has 1 aromatic carbocycles. The molecule has 128 valence electrons. The average Bonchev–Trinajstić information content (AvgIpc) is 3.16. The third-order valence-corrected chi connectivity index (χ3v) is 3.92. The lowest BCUT2D eigenvalue weighted by molar-refractivity contribution is -0.128. The molecule has 1 amide bonds. The number of carbonyl (C=O) groups is 1. The van der Waals surface area contributed by atoms with Gasteiger partial charge in [0.15, 0.2) is 0 Å². The quantitative estimate of drug-likeness (QED) is 0.832. The maximum absolute atomic E-state index is 11.8. The third-order valence-electron chi connectivity index (χ3n) is 3.92. The molecule has 1 aliphatic heterocycles. The largest absolute Gasteiger partial charge is 0.376 e. The van der Waals surface area contributed by atoms with Gasteiger partial charge in [-0.3, -0.25) is 4.79 Å². The Kier molecular flexibility index (Phi) is 5.92. The molecule has 1 fully saturated rings. The van der Waals surface area contributed by atoms with Crippen LogP contribution in [0.4, 0.5) is 0 Å². The molecule has 3 rings (SSSR count). The van der Waals surface area contributed by atoms with E-state index in [1.807, 2.05) is 24.3 Å². The monoisotopic (exact) mass is 330 g/mol. The highest BCUT2D eigenvalue weighted by Gasteiger charge is 2.14. The van der Waals surface area contributed by atoms with Crippen molar-refractivity contribution in [3.05, 3.63) is 42.5 Å².